The van der Waals surface area contributed by atoms with E-state index in [0.717, 1.165) is 19.5 Å². The quantitative estimate of drug-likeness (QED) is 0.809. The van der Waals surface area contributed by atoms with Crippen LogP contribution in [0.1, 0.15) is 35.1 Å². The van der Waals surface area contributed by atoms with Gasteiger partial charge in [0.15, 0.2) is 0 Å². The standard InChI is InChI=1S/C19H23N/c1-2-7-16(8-3-1)15-20-14-13-18-11-6-10-17-9-4-5-12-19(17)18/h1-3,6-8,10-11,20H,4-5,9,12-15H2. The lowest BCUT2D eigenvalue weighted by Crippen LogP contribution is -2.18. The molecule has 0 atom stereocenters. The van der Waals surface area contributed by atoms with E-state index in [0.29, 0.717) is 0 Å². The minimum atomic E-state index is 0.968. The number of nitrogens with one attached hydrogen (secondary N) is 1. The molecule has 0 saturated carbocycles. The van der Waals surface area contributed by atoms with Crippen molar-refractivity contribution in [3.63, 3.8) is 0 Å². The Kier molecular flexibility index (Phi) is 4.49. The first-order chi connectivity index (χ1) is 9.93. The molecular formula is C19H23N. The van der Waals surface area contributed by atoms with Crippen LogP contribution in [0.5, 0.6) is 0 Å². The highest BCUT2D eigenvalue weighted by molar-refractivity contribution is 5.37. The van der Waals surface area contributed by atoms with Crippen LogP contribution in [0.4, 0.5) is 0 Å². The van der Waals surface area contributed by atoms with E-state index >= 15 is 0 Å². The number of rotatable bonds is 5. The molecule has 0 aliphatic heterocycles. The summed E-state index contributed by atoms with van der Waals surface area (Å²) in [4.78, 5) is 0. The molecule has 0 spiro atoms. The first-order valence-corrected chi connectivity index (χ1v) is 7.78. The Balaban J connectivity index is 1.54. The van der Waals surface area contributed by atoms with Crippen LogP contribution >= 0.6 is 0 Å². The SMILES string of the molecule is c1ccc(CNCCc2cccc3c2CCCC3)cc1. The molecule has 0 radical (unpaired) electrons. The fraction of sp³-hybridized carbons (Fsp3) is 0.368. The average molecular weight is 265 g/mol. The smallest absolute Gasteiger partial charge is 0.0205 e. The van der Waals surface area contributed by atoms with Gasteiger partial charge in [0.1, 0.15) is 0 Å². The Morgan fingerprint density at radius 3 is 2.60 bits per heavy atom. The summed E-state index contributed by atoms with van der Waals surface area (Å²) in [6.07, 6.45) is 6.44. The number of hydrogen-bond acceptors (Lipinski definition) is 1. The van der Waals surface area contributed by atoms with Crippen LogP contribution in [0, 0.1) is 0 Å². The van der Waals surface area contributed by atoms with Crippen LogP contribution in [0.15, 0.2) is 48.5 Å². The van der Waals surface area contributed by atoms with E-state index in [4.69, 9.17) is 0 Å². The predicted octanol–water partition coefficient (Wildman–Crippen LogP) is 3.90. The molecule has 1 N–H and O–H groups in total. The van der Waals surface area contributed by atoms with E-state index < -0.39 is 0 Å². The van der Waals surface area contributed by atoms with E-state index in [2.05, 4.69) is 53.8 Å². The van der Waals surface area contributed by atoms with Gasteiger partial charge in [-0.1, -0.05) is 48.5 Å². The Morgan fingerprint density at radius 1 is 0.850 bits per heavy atom. The van der Waals surface area contributed by atoms with Crippen molar-refractivity contribution in [1.82, 2.24) is 5.32 Å². The van der Waals surface area contributed by atoms with Crippen LogP contribution in [0.25, 0.3) is 0 Å². The Labute approximate surface area is 122 Å². The van der Waals surface area contributed by atoms with E-state index in [1.54, 1.807) is 16.7 Å². The third-order valence-corrected chi connectivity index (χ3v) is 4.24. The van der Waals surface area contributed by atoms with E-state index in [9.17, 15) is 0 Å². The van der Waals surface area contributed by atoms with Crippen molar-refractivity contribution in [2.75, 3.05) is 6.54 Å². The summed E-state index contributed by atoms with van der Waals surface area (Å²) in [7, 11) is 0. The molecular weight excluding hydrogens is 242 g/mol. The highest BCUT2D eigenvalue weighted by Gasteiger charge is 2.12. The molecule has 104 valence electrons. The van der Waals surface area contributed by atoms with Gasteiger partial charge in [-0.3, -0.25) is 0 Å². The van der Waals surface area contributed by atoms with Gasteiger partial charge in [0.05, 0.1) is 0 Å². The molecule has 0 saturated heterocycles. The first kappa shape index (κ1) is 13.4. The van der Waals surface area contributed by atoms with Gasteiger partial charge >= 0.3 is 0 Å². The van der Waals surface area contributed by atoms with E-state index in [1.165, 1.54) is 31.2 Å². The summed E-state index contributed by atoms with van der Waals surface area (Å²) in [6.45, 7) is 2.03. The van der Waals surface area contributed by atoms with Crippen LogP contribution in [0.3, 0.4) is 0 Å². The number of benzene rings is 2. The molecule has 0 aromatic heterocycles. The molecule has 1 aliphatic carbocycles. The largest absolute Gasteiger partial charge is 0.312 e. The third kappa shape index (κ3) is 3.29. The van der Waals surface area contributed by atoms with Crippen molar-refractivity contribution in [3.8, 4) is 0 Å². The summed E-state index contributed by atoms with van der Waals surface area (Å²) in [5.74, 6) is 0. The lowest BCUT2D eigenvalue weighted by Gasteiger charge is -2.19. The first-order valence-electron chi connectivity index (χ1n) is 7.78. The van der Waals surface area contributed by atoms with Gasteiger partial charge in [0, 0.05) is 6.54 Å². The van der Waals surface area contributed by atoms with Gasteiger partial charge in [0.2, 0.25) is 0 Å². The Hall–Kier alpha value is -1.60. The van der Waals surface area contributed by atoms with Crippen molar-refractivity contribution < 1.29 is 0 Å². The zero-order chi connectivity index (χ0) is 13.6. The molecule has 0 bridgehead atoms. The van der Waals surface area contributed by atoms with E-state index in [1.807, 2.05) is 0 Å². The maximum atomic E-state index is 3.56. The van der Waals surface area contributed by atoms with Gasteiger partial charge in [-0.25, -0.2) is 0 Å². The maximum Gasteiger partial charge on any atom is 0.0205 e. The summed E-state index contributed by atoms with van der Waals surface area (Å²) in [5.41, 5.74) is 6.16. The fourth-order valence-electron chi connectivity index (χ4n) is 3.15. The van der Waals surface area contributed by atoms with Crippen LogP contribution in [-0.2, 0) is 25.8 Å². The monoisotopic (exact) mass is 265 g/mol. The molecule has 0 heterocycles. The molecule has 1 aliphatic rings. The van der Waals surface area contributed by atoms with Crippen molar-refractivity contribution in [3.05, 3.63) is 70.8 Å². The van der Waals surface area contributed by atoms with Crippen LogP contribution < -0.4 is 5.32 Å². The molecule has 3 rings (SSSR count). The molecule has 0 fully saturated rings. The summed E-state index contributed by atoms with van der Waals surface area (Å²) < 4.78 is 0. The number of aryl methyl sites for hydroxylation is 1. The highest BCUT2D eigenvalue weighted by Crippen LogP contribution is 2.24. The molecule has 1 heteroatoms. The highest BCUT2D eigenvalue weighted by atomic mass is 14.8. The van der Waals surface area contributed by atoms with Gasteiger partial charge in [0.25, 0.3) is 0 Å². The number of hydrogen-bond donors (Lipinski definition) is 1. The lowest BCUT2D eigenvalue weighted by molar-refractivity contribution is 0.658. The second-order valence-corrected chi connectivity index (χ2v) is 5.67. The molecule has 0 amide bonds. The zero-order valence-corrected chi connectivity index (χ0v) is 12.1. The fourth-order valence-corrected chi connectivity index (χ4v) is 3.15. The molecule has 2 aromatic rings. The molecule has 1 nitrogen and oxygen atoms in total. The predicted molar refractivity (Wildman–Crippen MR) is 84.9 cm³/mol. The van der Waals surface area contributed by atoms with Crippen molar-refractivity contribution in [1.29, 1.82) is 0 Å². The Bertz CT molecular complexity index is 545. The zero-order valence-electron chi connectivity index (χ0n) is 12.1. The maximum absolute atomic E-state index is 3.56. The van der Waals surface area contributed by atoms with Gasteiger partial charge < -0.3 is 5.32 Å². The van der Waals surface area contributed by atoms with Crippen molar-refractivity contribution >= 4 is 0 Å². The normalized spacial score (nSPS) is 14.0. The van der Waals surface area contributed by atoms with Crippen molar-refractivity contribution in [2.45, 2.75) is 38.6 Å². The van der Waals surface area contributed by atoms with Crippen LogP contribution in [-0.4, -0.2) is 6.54 Å². The Morgan fingerprint density at radius 2 is 1.70 bits per heavy atom. The van der Waals surface area contributed by atoms with Crippen molar-refractivity contribution in [2.24, 2.45) is 0 Å². The second-order valence-electron chi connectivity index (χ2n) is 5.67. The molecule has 2 aromatic carbocycles. The van der Waals surface area contributed by atoms with E-state index in [-0.39, 0.29) is 0 Å². The second kappa shape index (κ2) is 6.71. The number of fused-ring (bicyclic) bond motifs is 1. The average Bonchev–Trinajstić information content (AvgIpc) is 2.53. The summed E-state index contributed by atoms with van der Waals surface area (Å²) in [6, 6.07) is 17.5. The minimum Gasteiger partial charge on any atom is -0.312 e. The molecule has 20 heavy (non-hydrogen) atoms. The van der Waals surface area contributed by atoms with Crippen LogP contribution in [0.2, 0.25) is 0 Å². The summed E-state index contributed by atoms with van der Waals surface area (Å²) >= 11 is 0. The van der Waals surface area contributed by atoms with Gasteiger partial charge in [-0.05, 0) is 60.9 Å². The minimum absolute atomic E-state index is 0.968. The molecule has 0 unspecified atom stereocenters. The van der Waals surface area contributed by atoms with Gasteiger partial charge in [-0.15, -0.1) is 0 Å². The lowest BCUT2D eigenvalue weighted by atomic mass is 9.87. The third-order valence-electron chi connectivity index (χ3n) is 4.24. The summed E-state index contributed by atoms with van der Waals surface area (Å²) in [5, 5.41) is 3.56. The topological polar surface area (TPSA) is 12.0 Å². The van der Waals surface area contributed by atoms with Gasteiger partial charge in [-0.2, -0.15) is 0 Å².